The average Bonchev–Trinajstić information content (AvgIpc) is 2.49. The standard InChI is InChI=1S/C21H42N4O3.HI/c1-9-22-19(25(8)16-17(26)24-20(2,3)4)23-15-13-11-10-12-14-18(27)28-21(5,6)7;/h9-16H2,1-8H3,(H,22,23)(H,24,26);1H. The van der Waals surface area contributed by atoms with E-state index < -0.39 is 5.60 Å². The van der Waals surface area contributed by atoms with Crippen molar-refractivity contribution in [2.75, 3.05) is 26.7 Å². The molecule has 0 rings (SSSR count). The molecule has 0 saturated carbocycles. The quantitative estimate of drug-likeness (QED) is 0.149. The van der Waals surface area contributed by atoms with Crippen molar-refractivity contribution in [3.8, 4) is 0 Å². The van der Waals surface area contributed by atoms with Crippen LogP contribution in [0.3, 0.4) is 0 Å². The topological polar surface area (TPSA) is 83.0 Å². The fourth-order valence-electron chi connectivity index (χ4n) is 2.53. The van der Waals surface area contributed by atoms with Gasteiger partial charge >= 0.3 is 5.97 Å². The van der Waals surface area contributed by atoms with Gasteiger partial charge in [-0.05, 0) is 61.3 Å². The monoisotopic (exact) mass is 526 g/mol. The van der Waals surface area contributed by atoms with E-state index in [9.17, 15) is 9.59 Å². The number of nitrogens with one attached hydrogen (secondary N) is 2. The molecule has 0 heterocycles. The molecule has 0 bridgehead atoms. The number of carbonyl (C=O) groups excluding carboxylic acids is 2. The molecule has 0 radical (unpaired) electrons. The molecule has 0 aliphatic carbocycles. The van der Waals surface area contributed by atoms with Crippen molar-refractivity contribution in [3.05, 3.63) is 0 Å². The molecule has 2 N–H and O–H groups in total. The summed E-state index contributed by atoms with van der Waals surface area (Å²) >= 11 is 0. The van der Waals surface area contributed by atoms with Crippen LogP contribution >= 0.6 is 24.0 Å². The predicted octanol–water partition coefficient (Wildman–Crippen LogP) is 3.71. The molecule has 0 spiro atoms. The lowest BCUT2D eigenvalue weighted by molar-refractivity contribution is -0.154. The third-order valence-corrected chi connectivity index (χ3v) is 3.56. The SMILES string of the molecule is CCNC(=NCCCCCCC(=O)OC(C)(C)C)N(C)CC(=O)NC(C)(C)C.I. The summed E-state index contributed by atoms with van der Waals surface area (Å²) in [6.45, 7) is 15.3. The Bertz CT molecular complexity index is 511. The first-order chi connectivity index (χ1) is 12.8. The van der Waals surface area contributed by atoms with Crippen molar-refractivity contribution in [3.63, 3.8) is 0 Å². The van der Waals surface area contributed by atoms with Crippen LogP contribution in [0.2, 0.25) is 0 Å². The number of carbonyl (C=O) groups is 2. The van der Waals surface area contributed by atoms with Crippen LogP contribution in [0.5, 0.6) is 0 Å². The van der Waals surface area contributed by atoms with E-state index in [0.29, 0.717) is 13.0 Å². The van der Waals surface area contributed by atoms with Gasteiger partial charge in [-0.15, -0.1) is 24.0 Å². The molecule has 0 aromatic carbocycles. The van der Waals surface area contributed by atoms with Crippen LogP contribution in [0.4, 0.5) is 0 Å². The highest BCUT2D eigenvalue weighted by atomic mass is 127. The Labute approximate surface area is 194 Å². The molecule has 7 nitrogen and oxygen atoms in total. The smallest absolute Gasteiger partial charge is 0.306 e. The Hall–Kier alpha value is -1.06. The summed E-state index contributed by atoms with van der Waals surface area (Å²) in [5, 5.41) is 6.18. The molecule has 0 fully saturated rings. The van der Waals surface area contributed by atoms with Gasteiger partial charge < -0.3 is 20.3 Å². The lowest BCUT2D eigenvalue weighted by Gasteiger charge is -2.25. The van der Waals surface area contributed by atoms with Gasteiger partial charge in [0.2, 0.25) is 5.91 Å². The van der Waals surface area contributed by atoms with Gasteiger partial charge in [0.25, 0.3) is 0 Å². The number of unbranched alkanes of at least 4 members (excludes halogenated alkanes) is 3. The number of amides is 1. The van der Waals surface area contributed by atoms with Crippen molar-refractivity contribution in [1.82, 2.24) is 15.5 Å². The van der Waals surface area contributed by atoms with Gasteiger partial charge in [0.05, 0.1) is 6.54 Å². The Morgan fingerprint density at radius 2 is 1.59 bits per heavy atom. The van der Waals surface area contributed by atoms with Gasteiger partial charge in [-0.2, -0.15) is 0 Å². The maximum Gasteiger partial charge on any atom is 0.306 e. The Morgan fingerprint density at radius 3 is 2.10 bits per heavy atom. The molecular formula is C21H43IN4O3. The second kappa shape index (κ2) is 14.8. The number of nitrogens with zero attached hydrogens (tertiary/aromatic N) is 2. The van der Waals surface area contributed by atoms with E-state index in [2.05, 4.69) is 15.6 Å². The van der Waals surface area contributed by atoms with Crippen LogP contribution in [0.15, 0.2) is 4.99 Å². The average molecular weight is 527 g/mol. The summed E-state index contributed by atoms with van der Waals surface area (Å²) in [5.74, 6) is 0.582. The highest BCUT2D eigenvalue weighted by Gasteiger charge is 2.17. The first-order valence-corrected chi connectivity index (χ1v) is 10.4. The van der Waals surface area contributed by atoms with Crippen molar-refractivity contribution in [1.29, 1.82) is 0 Å². The van der Waals surface area contributed by atoms with Crippen LogP contribution in [-0.4, -0.2) is 60.6 Å². The van der Waals surface area contributed by atoms with Crippen molar-refractivity contribution >= 4 is 41.8 Å². The number of halogens is 1. The number of guanidine groups is 1. The fraction of sp³-hybridized carbons (Fsp3) is 0.857. The van der Waals surface area contributed by atoms with E-state index in [1.807, 2.05) is 60.4 Å². The molecule has 0 aliphatic rings. The number of ether oxygens (including phenoxy) is 1. The zero-order chi connectivity index (χ0) is 21.8. The summed E-state index contributed by atoms with van der Waals surface area (Å²) in [5.41, 5.74) is -0.656. The second-order valence-corrected chi connectivity index (χ2v) is 9.14. The Morgan fingerprint density at radius 1 is 1.00 bits per heavy atom. The molecule has 0 saturated heterocycles. The summed E-state index contributed by atoms with van der Waals surface area (Å²) in [4.78, 5) is 30.2. The zero-order valence-electron chi connectivity index (χ0n) is 19.7. The van der Waals surface area contributed by atoms with E-state index in [4.69, 9.17) is 4.74 Å². The minimum Gasteiger partial charge on any atom is -0.460 e. The normalized spacial score (nSPS) is 12.1. The lowest BCUT2D eigenvalue weighted by Crippen LogP contribution is -2.48. The van der Waals surface area contributed by atoms with E-state index in [0.717, 1.165) is 38.2 Å². The molecule has 0 aromatic heterocycles. The van der Waals surface area contributed by atoms with Crippen LogP contribution < -0.4 is 10.6 Å². The molecule has 0 aromatic rings. The van der Waals surface area contributed by atoms with E-state index in [-0.39, 0.29) is 47.9 Å². The summed E-state index contributed by atoms with van der Waals surface area (Å²) in [6, 6.07) is 0. The van der Waals surface area contributed by atoms with Gasteiger partial charge in [-0.3, -0.25) is 14.6 Å². The fourth-order valence-corrected chi connectivity index (χ4v) is 2.53. The first-order valence-electron chi connectivity index (χ1n) is 10.4. The molecule has 1 amide bonds. The van der Waals surface area contributed by atoms with Crippen molar-refractivity contribution < 1.29 is 14.3 Å². The zero-order valence-corrected chi connectivity index (χ0v) is 22.0. The summed E-state index contributed by atoms with van der Waals surface area (Å²) in [6.07, 6.45) is 4.25. The Kier molecular flexibility index (Phi) is 15.4. The molecule has 0 unspecified atom stereocenters. The number of aliphatic imine (C=N–C) groups is 1. The number of esters is 1. The summed E-state index contributed by atoms with van der Waals surface area (Å²) in [7, 11) is 1.87. The molecule has 0 atom stereocenters. The number of rotatable bonds is 10. The van der Waals surface area contributed by atoms with Crippen molar-refractivity contribution in [2.45, 2.75) is 91.7 Å². The highest BCUT2D eigenvalue weighted by Crippen LogP contribution is 2.11. The van der Waals surface area contributed by atoms with Crippen LogP contribution in [0.1, 0.15) is 80.6 Å². The largest absolute Gasteiger partial charge is 0.460 e. The maximum atomic E-state index is 12.1. The summed E-state index contributed by atoms with van der Waals surface area (Å²) < 4.78 is 5.30. The van der Waals surface area contributed by atoms with Gasteiger partial charge in [0, 0.05) is 32.1 Å². The lowest BCUT2D eigenvalue weighted by atomic mass is 10.1. The predicted molar refractivity (Wildman–Crippen MR) is 131 cm³/mol. The highest BCUT2D eigenvalue weighted by molar-refractivity contribution is 14.0. The van der Waals surface area contributed by atoms with E-state index >= 15 is 0 Å². The van der Waals surface area contributed by atoms with Crippen LogP contribution in [0, 0.1) is 0 Å². The Balaban J connectivity index is 0. The molecular weight excluding hydrogens is 483 g/mol. The molecule has 8 heteroatoms. The molecule has 0 aliphatic heterocycles. The van der Waals surface area contributed by atoms with Crippen LogP contribution in [0.25, 0.3) is 0 Å². The van der Waals surface area contributed by atoms with Gasteiger partial charge in [-0.25, -0.2) is 0 Å². The minimum atomic E-state index is -0.412. The molecule has 29 heavy (non-hydrogen) atoms. The van der Waals surface area contributed by atoms with Crippen molar-refractivity contribution in [2.24, 2.45) is 4.99 Å². The van der Waals surface area contributed by atoms with Crippen LogP contribution in [-0.2, 0) is 14.3 Å². The third kappa shape index (κ3) is 18.7. The first kappa shape index (κ1) is 30.1. The third-order valence-electron chi connectivity index (χ3n) is 3.56. The van der Waals surface area contributed by atoms with Gasteiger partial charge in [0.1, 0.15) is 5.60 Å². The number of hydrogen-bond donors (Lipinski definition) is 2. The second-order valence-electron chi connectivity index (χ2n) is 9.14. The minimum absolute atomic E-state index is 0. The van der Waals surface area contributed by atoms with E-state index in [1.165, 1.54) is 0 Å². The van der Waals surface area contributed by atoms with Gasteiger partial charge in [0.15, 0.2) is 5.96 Å². The number of hydrogen-bond acceptors (Lipinski definition) is 4. The van der Waals surface area contributed by atoms with Gasteiger partial charge in [-0.1, -0.05) is 12.8 Å². The maximum absolute atomic E-state index is 12.1. The van der Waals surface area contributed by atoms with E-state index in [1.54, 1.807) is 0 Å². The number of likely N-dealkylation sites (N-methyl/N-ethyl adjacent to an activating group) is 1. The molecule has 172 valence electrons.